The van der Waals surface area contributed by atoms with Crippen LogP contribution in [0.2, 0.25) is 0 Å². The van der Waals surface area contributed by atoms with Gasteiger partial charge in [0.15, 0.2) is 0 Å². The van der Waals surface area contributed by atoms with E-state index in [2.05, 4.69) is 20.7 Å². The van der Waals surface area contributed by atoms with Crippen LogP contribution in [0, 0.1) is 0 Å². The van der Waals surface area contributed by atoms with Crippen molar-refractivity contribution in [2.24, 2.45) is 0 Å². The molecule has 0 saturated carbocycles. The predicted molar refractivity (Wildman–Crippen MR) is 88.6 cm³/mol. The summed E-state index contributed by atoms with van der Waals surface area (Å²) in [5.41, 5.74) is -0.558. The highest BCUT2D eigenvalue weighted by atomic mass is 79.9. The molecule has 22 heavy (non-hydrogen) atoms. The summed E-state index contributed by atoms with van der Waals surface area (Å²) in [4.78, 5) is 13.5. The second kappa shape index (κ2) is 6.46. The fourth-order valence-corrected chi connectivity index (χ4v) is 5.36. The van der Waals surface area contributed by atoms with Crippen LogP contribution in [0.3, 0.4) is 0 Å². The summed E-state index contributed by atoms with van der Waals surface area (Å²) in [6.45, 7) is 6.21. The van der Waals surface area contributed by atoms with E-state index in [-0.39, 0.29) is 10.3 Å². The van der Waals surface area contributed by atoms with Crippen molar-refractivity contribution in [2.45, 2.75) is 43.0 Å². The minimum Gasteiger partial charge on any atom is -0.444 e. The number of halogens is 1. The Morgan fingerprint density at radius 1 is 1.45 bits per heavy atom. The summed E-state index contributed by atoms with van der Waals surface area (Å²) >= 11 is 4.40. The summed E-state index contributed by atoms with van der Waals surface area (Å²) in [6, 6.07) is 2.96. The van der Waals surface area contributed by atoms with Crippen LogP contribution in [0.25, 0.3) is 0 Å². The van der Waals surface area contributed by atoms with Crippen molar-refractivity contribution in [1.82, 2.24) is 9.62 Å². The van der Waals surface area contributed by atoms with Crippen LogP contribution in [0.15, 0.2) is 20.1 Å². The van der Waals surface area contributed by atoms with Crippen LogP contribution < -0.4 is 4.72 Å². The van der Waals surface area contributed by atoms with Crippen molar-refractivity contribution >= 4 is 43.4 Å². The van der Waals surface area contributed by atoms with Crippen molar-refractivity contribution in [3.05, 3.63) is 15.9 Å². The van der Waals surface area contributed by atoms with Crippen molar-refractivity contribution in [3.63, 3.8) is 0 Å². The molecule has 1 aromatic rings. The van der Waals surface area contributed by atoms with Crippen molar-refractivity contribution in [2.75, 3.05) is 13.1 Å². The first-order valence-electron chi connectivity index (χ1n) is 6.82. The van der Waals surface area contributed by atoms with E-state index in [4.69, 9.17) is 4.74 Å². The number of hydrogen-bond acceptors (Lipinski definition) is 5. The smallest absolute Gasteiger partial charge is 0.410 e. The molecular formula is C13H19BrN2O4S2. The van der Waals surface area contributed by atoms with Crippen LogP contribution in [0.1, 0.15) is 27.2 Å². The van der Waals surface area contributed by atoms with Crippen LogP contribution in [0.5, 0.6) is 0 Å². The molecule has 0 unspecified atom stereocenters. The molecule has 0 radical (unpaired) electrons. The van der Waals surface area contributed by atoms with Crippen molar-refractivity contribution < 1.29 is 17.9 Å². The Kier molecular flexibility index (Phi) is 5.20. The standard InChI is InChI=1S/C13H19BrN2O4S2/c1-13(2,3)20-12(17)16-7-6-9(8-16)15-22(18,19)11-5-4-10(14)21-11/h4-5,9,15H,6-8H2,1-3H3/t9-/m0/s1. The van der Waals surface area contributed by atoms with Gasteiger partial charge < -0.3 is 9.64 Å². The summed E-state index contributed by atoms with van der Waals surface area (Å²) in [5.74, 6) is 0. The average Bonchev–Trinajstić information content (AvgIpc) is 2.95. The molecule has 1 saturated heterocycles. The van der Waals surface area contributed by atoms with E-state index in [0.29, 0.717) is 19.5 Å². The van der Waals surface area contributed by atoms with Crippen LogP contribution >= 0.6 is 27.3 Å². The Bertz CT molecular complexity index is 651. The Labute approximate surface area is 143 Å². The molecule has 1 aliphatic rings. The maximum absolute atomic E-state index is 12.3. The molecule has 2 heterocycles. The summed E-state index contributed by atoms with van der Waals surface area (Å²) in [6.07, 6.45) is 0.165. The second-order valence-corrected chi connectivity index (χ2v) is 10.5. The van der Waals surface area contributed by atoms with Gasteiger partial charge >= 0.3 is 6.09 Å². The van der Waals surface area contributed by atoms with Crippen LogP contribution in [0.4, 0.5) is 4.79 Å². The van der Waals surface area contributed by atoms with Gasteiger partial charge in [-0.1, -0.05) is 0 Å². The van der Waals surface area contributed by atoms with E-state index < -0.39 is 21.7 Å². The number of rotatable bonds is 3. The monoisotopic (exact) mass is 410 g/mol. The number of likely N-dealkylation sites (tertiary alicyclic amines) is 1. The number of hydrogen-bond donors (Lipinski definition) is 1. The molecular weight excluding hydrogens is 392 g/mol. The normalized spacial score (nSPS) is 19.5. The van der Waals surface area contributed by atoms with Gasteiger partial charge in [-0.05, 0) is 55.3 Å². The first-order chi connectivity index (χ1) is 10.1. The molecule has 1 aromatic heterocycles. The van der Waals surface area contributed by atoms with E-state index in [0.717, 1.165) is 15.1 Å². The first-order valence-corrected chi connectivity index (χ1v) is 9.92. The number of ether oxygens (including phenoxy) is 1. The third-order valence-corrected chi connectivity index (χ3v) is 6.61. The molecule has 1 N–H and O–H groups in total. The number of amides is 1. The molecule has 0 bridgehead atoms. The Morgan fingerprint density at radius 3 is 2.68 bits per heavy atom. The summed E-state index contributed by atoms with van der Waals surface area (Å²) < 4.78 is 33.5. The van der Waals surface area contributed by atoms with Gasteiger partial charge in [0.25, 0.3) is 0 Å². The molecule has 1 atom stereocenters. The quantitative estimate of drug-likeness (QED) is 0.830. The lowest BCUT2D eigenvalue weighted by atomic mass is 10.2. The maximum Gasteiger partial charge on any atom is 0.410 e. The number of nitrogens with one attached hydrogen (secondary N) is 1. The van der Waals surface area contributed by atoms with E-state index in [9.17, 15) is 13.2 Å². The fourth-order valence-electron chi connectivity index (χ4n) is 2.07. The zero-order chi connectivity index (χ0) is 16.5. The molecule has 1 aliphatic heterocycles. The number of carbonyl (C=O) groups excluding carboxylic acids is 1. The van der Waals surface area contributed by atoms with Crippen molar-refractivity contribution in [1.29, 1.82) is 0 Å². The lowest BCUT2D eigenvalue weighted by Gasteiger charge is -2.24. The third-order valence-electron chi connectivity index (χ3n) is 2.98. The van der Waals surface area contributed by atoms with Gasteiger partial charge in [-0.15, -0.1) is 11.3 Å². The number of carbonyl (C=O) groups is 1. The number of thiophene rings is 1. The van der Waals surface area contributed by atoms with Gasteiger partial charge in [0.2, 0.25) is 10.0 Å². The molecule has 0 spiro atoms. The molecule has 1 amide bonds. The van der Waals surface area contributed by atoms with E-state index in [1.54, 1.807) is 32.9 Å². The Balaban J connectivity index is 1.95. The summed E-state index contributed by atoms with van der Waals surface area (Å²) in [7, 11) is -3.55. The van der Waals surface area contributed by atoms with Crippen LogP contribution in [-0.4, -0.2) is 44.1 Å². The van der Waals surface area contributed by atoms with Gasteiger partial charge in [-0.2, -0.15) is 0 Å². The van der Waals surface area contributed by atoms with Gasteiger partial charge in [0.05, 0.1) is 3.79 Å². The van der Waals surface area contributed by atoms with E-state index in [1.807, 2.05) is 0 Å². The second-order valence-electron chi connectivity index (χ2n) is 6.09. The SMILES string of the molecule is CC(C)(C)OC(=O)N1CC[C@H](NS(=O)(=O)c2ccc(Br)s2)C1. The highest BCUT2D eigenvalue weighted by Crippen LogP contribution is 2.26. The Hall–Kier alpha value is -0.640. The van der Waals surface area contributed by atoms with Gasteiger partial charge in [0, 0.05) is 19.1 Å². The average molecular weight is 411 g/mol. The zero-order valence-corrected chi connectivity index (χ0v) is 15.8. The first kappa shape index (κ1) is 17.7. The molecule has 6 nitrogen and oxygen atoms in total. The Morgan fingerprint density at radius 2 is 2.14 bits per heavy atom. The summed E-state index contributed by atoms with van der Waals surface area (Å²) in [5, 5.41) is 0. The van der Waals surface area contributed by atoms with Gasteiger partial charge in [-0.3, -0.25) is 0 Å². The molecule has 0 aliphatic carbocycles. The van der Waals surface area contributed by atoms with Crippen LogP contribution in [-0.2, 0) is 14.8 Å². The highest BCUT2D eigenvalue weighted by Gasteiger charge is 2.32. The fraction of sp³-hybridized carbons (Fsp3) is 0.615. The molecule has 1 fully saturated rings. The van der Waals surface area contributed by atoms with Gasteiger partial charge in [0.1, 0.15) is 9.81 Å². The lowest BCUT2D eigenvalue weighted by molar-refractivity contribution is 0.0292. The zero-order valence-electron chi connectivity index (χ0n) is 12.6. The largest absolute Gasteiger partial charge is 0.444 e. The molecule has 2 rings (SSSR count). The lowest BCUT2D eigenvalue weighted by Crippen LogP contribution is -2.40. The third kappa shape index (κ3) is 4.68. The molecule has 124 valence electrons. The number of sulfonamides is 1. The van der Waals surface area contributed by atoms with E-state index >= 15 is 0 Å². The number of nitrogens with zero attached hydrogens (tertiary/aromatic N) is 1. The van der Waals surface area contributed by atoms with E-state index in [1.165, 1.54) is 4.90 Å². The maximum atomic E-state index is 12.3. The predicted octanol–water partition coefficient (Wildman–Crippen LogP) is 2.80. The molecule has 9 heteroatoms. The minimum absolute atomic E-state index is 0.259. The van der Waals surface area contributed by atoms with Gasteiger partial charge in [-0.25, -0.2) is 17.9 Å². The van der Waals surface area contributed by atoms with Crippen molar-refractivity contribution in [3.8, 4) is 0 Å². The highest BCUT2D eigenvalue weighted by molar-refractivity contribution is 9.11. The molecule has 0 aromatic carbocycles. The minimum atomic E-state index is -3.55. The topological polar surface area (TPSA) is 75.7 Å².